The van der Waals surface area contributed by atoms with Crippen LogP contribution in [0.5, 0.6) is 0 Å². The minimum absolute atomic E-state index is 0.287. The fourth-order valence-corrected chi connectivity index (χ4v) is 5.57. The molecular formula is C29H18. The minimum atomic E-state index is 0.287. The van der Waals surface area contributed by atoms with Crippen molar-refractivity contribution in [2.75, 3.05) is 0 Å². The zero-order valence-electron chi connectivity index (χ0n) is 15.9. The van der Waals surface area contributed by atoms with Crippen LogP contribution in [0.3, 0.4) is 0 Å². The standard InChI is InChI=1S/C29H18/c1-2-9-18(10-3-1)27-22-14-7-6-13-21(22)26-17-25-20-12-5-4-11-19(20)23-15-8-16-24(28(23)25)29(26)27/h1-17,27H. The van der Waals surface area contributed by atoms with Crippen LogP contribution in [0.25, 0.3) is 44.2 Å². The quantitative estimate of drug-likeness (QED) is 0.280. The van der Waals surface area contributed by atoms with E-state index in [4.69, 9.17) is 0 Å². The zero-order chi connectivity index (χ0) is 18.9. The van der Waals surface area contributed by atoms with Gasteiger partial charge in [-0.15, -0.1) is 0 Å². The highest BCUT2D eigenvalue weighted by molar-refractivity contribution is 6.18. The van der Waals surface area contributed by atoms with E-state index in [0.29, 0.717) is 0 Å². The normalized spacial score (nSPS) is 15.2. The first kappa shape index (κ1) is 15.3. The van der Waals surface area contributed by atoms with Gasteiger partial charge in [-0.25, -0.2) is 0 Å². The van der Waals surface area contributed by atoms with Crippen LogP contribution in [-0.2, 0) is 0 Å². The van der Waals surface area contributed by atoms with E-state index in [1.54, 1.807) is 0 Å². The Morgan fingerprint density at radius 2 is 1.10 bits per heavy atom. The van der Waals surface area contributed by atoms with Crippen LogP contribution in [0.1, 0.15) is 22.6 Å². The summed E-state index contributed by atoms with van der Waals surface area (Å²) in [6.45, 7) is 0. The maximum absolute atomic E-state index is 2.45. The van der Waals surface area contributed by atoms with Crippen LogP contribution in [-0.4, -0.2) is 0 Å². The molecule has 0 heterocycles. The van der Waals surface area contributed by atoms with Crippen molar-refractivity contribution in [3.63, 3.8) is 0 Å². The van der Waals surface area contributed by atoms with Crippen molar-refractivity contribution in [2.45, 2.75) is 5.92 Å². The topological polar surface area (TPSA) is 0 Å². The molecule has 1 unspecified atom stereocenters. The summed E-state index contributed by atoms with van der Waals surface area (Å²) in [4.78, 5) is 0. The molecule has 7 rings (SSSR count). The highest BCUT2D eigenvalue weighted by atomic mass is 14.4. The van der Waals surface area contributed by atoms with Gasteiger partial charge in [0.25, 0.3) is 0 Å². The van der Waals surface area contributed by atoms with E-state index in [1.807, 2.05) is 0 Å². The lowest BCUT2D eigenvalue weighted by Crippen LogP contribution is -2.00. The van der Waals surface area contributed by atoms with Crippen LogP contribution in [0, 0.1) is 0 Å². The summed E-state index contributed by atoms with van der Waals surface area (Å²) in [7, 11) is 0. The van der Waals surface area contributed by atoms with Gasteiger partial charge in [0, 0.05) is 5.92 Å². The predicted molar refractivity (Wildman–Crippen MR) is 121 cm³/mol. The highest BCUT2D eigenvalue weighted by Gasteiger charge is 2.34. The van der Waals surface area contributed by atoms with Crippen molar-refractivity contribution in [3.8, 4) is 33.4 Å². The second-order valence-corrected chi connectivity index (χ2v) is 8.09. The summed E-state index contributed by atoms with van der Waals surface area (Å²) >= 11 is 0. The Hall–Kier alpha value is -3.64. The van der Waals surface area contributed by atoms with E-state index in [1.165, 1.54) is 60.8 Å². The van der Waals surface area contributed by atoms with Crippen molar-refractivity contribution in [2.24, 2.45) is 0 Å². The van der Waals surface area contributed by atoms with Gasteiger partial charge in [0.15, 0.2) is 0 Å². The summed E-state index contributed by atoms with van der Waals surface area (Å²) in [5, 5.41) is 2.82. The molecule has 0 saturated carbocycles. The molecule has 0 amide bonds. The molecule has 1 atom stereocenters. The van der Waals surface area contributed by atoms with Crippen molar-refractivity contribution in [3.05, 3.63) is 120 Å². The van der Waals surface area contributed by atoms with Gasteiger partial charge in [-0.05, 0) is 66.9 Å². The number of fused-ring (bicyclic) bond motifs is 7. The van der Waals surface area contributed by atoms with Gasteiger partial charge in [-0.2, -0.15) is 0 Å². The SMILES string of the molecule is c1ccc(C2c3ccccc3-c3cc4c5c(cccc5c32)-c2ccccc2-4)cc1. The lowest BCUT2D eigenvalue weighted by atomic mass is 9.85. The summed E-state index contributed by atoms with van der Waals surface area (Å²) in [5.41, 5.74) is 12.5. The van der Waals surface area contributed by atoms with Crippen LogP contribution in [0.4, 0.5) is 0 Å². The first-order chi connectivity index (χ1) is 14.4. The fraction of sp³-hybridized carbons (Fsp3) is 0.0345. The lowest BCUT2D eigenvalue weighted by molar-refractivity contribution is 1.03. The Kier molecular flexibility index (Phi) is 2.88. The van der Waals surface area contributed by atoms with E-state index >= 15 is 0 Å². The molecule has 5 aromatic rings. The first-order valence-corrected chi connectivity index (χ1v) is 10.3. The monoisotopic (exact) mass is 366 g/mol. The fourth-order valence-electron chi connectivity index (χ4n) is 5.57. The van der Waals surface area contributed by atoms with Crippen molar-refractivity contribution >= 4 is 10.8 Å². The predicted octanol–water partition coefficient (Wildman–Crippen LogP) is 7.65. The number of benzene rings is 5. The van der Waals surface area contributed by atoms with Crippen LogP contribution < -0.4 is 0 Å². The van der Waals surface area contributed by atoms with Gasteiger partial charge in [0.2, 0.25) is 0 Å². The molecule has 0 aliphatic heterocycles. The second kappa shape index (κ2) is 5.46. The molecule has 0 bridgehead atoms. The Bertz CT molecular complexity index is 1440. The van der Waals surface area contributed by atoms with Crippen molar-refractivity contribution in [1.29, 1.82) is 0 Å². The van der Waals surface area contributed by atoms with E-state index in [0.717, 1.165) is 0 Å². The second-order valence-electron chi connectivity index (χ2n) is 8.09. The van der Waals surface area contributed by atoms with Gasteiger partial charge < -0.3 is 0 Å². The highest BCUT2D eigenvalue weighted by Crippen LogP contribution is 2.56. The average molecular weight is 366 g/mol. The molecule has 0 spiro atoms. The first-order valence-electron chi connectivity index (χ1n) is 10.3. The van der Waals surface area contributed by atoms with Crippen molar-refractivity contribution in [1.82, 2.24) is 0 Å². The summed E-state index contributed by atoms with van der Waals surface area (Å²) in [5.74, 6) is 0.287. The van der Waals surface area contributed by atoms with E-state index < -0.39 is 0 Å². The molecule has 134 valence electrons. The van der Waals surface area contributed by atoms with Gasteiger partial charge in [-0.3, -0.25) is 0 Å². The molecule has 0 aromatic heterocycles. The van der Waals surface area contributed by atoms with Crippen molar-refractivity contribution < 1.29 is 0 Å². The molecule has 0 saturated heterocycles. The Labute approximate surface area is 170 Å². The Morgan fingerprint density at radius 1 is 0.448 bits per heavy atom. The minimum Gasteiger partial charge on any atom is -0.0622 e. The Balaban J connectivity index is 1.66. The molecule has 0 radical (unpaired) electrons. The molecule has 29 heavy (non-hydrogen) atoms. The average Bonchev–Trinajstić information content (AvgIpc) is 3.30. The van der Waals surface area contributed by atoms with Gasteiger partial charge in [0.05, 0.1) is 0 Å². The molecule has 0 nitrogen and oxygen atoms in total. The molecular weight excluding hydrogens is 348 g/mol. The maximum atomic E-state index is 2.45. The molecule has 0 N–H and O–H groups in total. The Morgan fingerprint density at radius 3 is 1.93 bits per heavy atom. The molecule has 2 aliphatic carbocycles. The number of hydrogen-bond donors (Lipinski definition) is 0. The number of hydrogen-bond acceptors (Lipinski definition) is 0. The number of rotatable bonds is 1. The van der Waals surface area contributed by atoms with Gasteiger partial charge in [-0.1, -0.05) is 97.1 Å². The third-order valence-corrected chi connectivity index (χ3v) is 6.69. The largest absolute Gasteiger partial charge is 0.0622 e. The summed E-state index contributed by atoms with van der Waals surface area (Å²) in [6, 6.07) is 38.1. The molecule has 2 aliphatic rings. The van der Waals surface area contributed by atoms with Crippen LogP contribution in [0.2, 0.25) is 0 Å². The summed E-state index contributed by atoms with van der Waals surface area (Å²) < 4.78 is 0. The summed E-state index contributed by atoms with van der Waals surface area (Å²) in [6.07, 6.45) is 0. The third-order valence-electron chi connectivity index (χ3n) is 6.69. The van der Waals surface area contributed by atoms with E-state index in [9.17, 15) is 0 Å². The van der Waals surface area contributed by atoms with E-state index in [2.05, 4.69) is 103 Å². The van der Waals surface area contributed by atoms with Crippen LogP contribution in [0.15, 0.2) is 103 Å². The zero-order valence-corrected chi connectivity index (χ0v) is 15.9. The molecule has 0 fully saturated rings. The third kappa shape index (κ3) is 1.89. The van der Waals surface area contributed by atoms with Crippen LogP contribution >= 0.6 is 0 Å². The van der Waals surface area contributed by atoms with Gasteiger partial charge >= 0.3 is 0 Å². The smallest absolute Gasteiger partial charge is 0.0358 e. The lowest BCUT2D eigenvalue weighted by Gasteiger charge is -2.17. The van der Waals surface area contributed by atoms with Gasteiger partial charge in [0.1, 0.15) is 0 Å². The molecule has 0 heteroatoms. The maximum Gasteiger partial charge on any atom is 0.0358 e. The molecule has 5 aromatic carbocycles. The van der Waals surface area contributed by atoms with E-state index in [-0.39, 0.29) is 5.92 Å².